The highest BCUT2D eigenvalue weighted by atomic mass is 32.1. The van der Waals surface area contributed by atoms with Gasteiger partial charge in [0.25, 0.3) is 0 Å². The molecule has 0 spiro atoms. The molecule has 1 unspecified atom stereocenters. The van der Waals surface area contributed by atoms with E-state index in [0.29, 0.717) is 5.56 Å². The number of rotatable bonds is 6. The van der Waals surface area contributed by atoms with Gasteiger partial charge in [-0.15, -0.1) is 11.3 Å². The molecule has 2 amide bonds. The van der Waals surface area contributed by atoms with Gasteiger partial charge in [0.15, 0.2) is 4.96 Å². The lowest BCUT2D eigenvalue weighted by molar-refractivity contribution is -0.127. The van der Waals surface area contributed by atoms with Crippen molar-refractivity contribution >= 4 is 28.1 Å². The lowest BCUT2D eigenvalue weighted by atomic mass is 10.1. The summed E-state index contributed by atoms with van der Waals surface area (Å²) < 4.78 is 1.91. The fourth-order valence-corrected chi connectivity index (χ4v) is 3.92. The van der Waals surface area contributed by atoms with Crippen molar-refractivity contribution in [1.82, 2.24) is 14.7 Å². The van der Waals surface area contributed by atoms with Gasteiger partial charge in [-0.05, 0) is 5.56 Å². The summed E-state index contributed by atoms with van der Waals surface area (Å²) in [7, 11) is 0. The van der Waals surface area contributed by atoms with Gasteiger partial charge in [0.2, 0.25) is 11.8 Å². The summed E-state index contributed by atoms with van der Waals surface area (Å²) in [6, 6.07) is 18.0. The van der Waals surface area contributed by atoms with E-state index >= 15 is 0 Å². The Kier molecular flexibility index (Phi) is 4.90. The third kappa shape index (κ3) is 3.65. The minimum atomic E-state index is -0.856. The van der Waals surface area contributed by atoms with Gasteiger partial charge in [-0.3, -0.25) is 14.0 Å². The van der Waals surface area contributed by atoms with Crippen LogP contribution < -0.4 is 11.1 Å². The molecule has 1 atom stereocenters. The van der Waals surface area contributed by atoms with Crippen LogP contribution in [0, 0.1) is 0 Å². The fraction of sp³-hybridized carbons (Fsp3) is 0.0952. The number of hydrogen-bond donors (Lipinski definition) is 2. The van der Waals surface area contributed by atoms with E-state index in [9.17, 15) is 9.59 Å². The minimum Gasteiger partial charge on any atom is -0.368 e. The molecular weight excluding hydrogens is 372 g/mol. The van der Waals surface area contributed by atoms with Crippen LogP contribution in [0.25, 0.3) is 16.2 Å². The third-order valence-electron chi connectivity index (χ3n) is 4.42. The summed E-state index contributed by atoms with van der Waals surface area (Å²) in [5.74, 6) is -0.869. The average molecular weight is 390 g/mol. The Balaban J connectivity index is 1.53. The van der Waals surface area contributed by atoms with Crippen LogP contribution in [0.5, 0.6) is 0 Å². The van der Waals surface area contributed by atoms with Crippen molar-refractivity contribution in [2.24, 2.45) is 5.73 Å². The summed E-state index contributed by atoms with van der Waals surface area (Å²) in [6.07, 6.45) is 2.05. The number of thiazole rings is 1. The van der Waals surface area contributed by atoms with Crippen molar-refractivity contribution in [3.05, 3.63) is 83.5 Å². The number of carbonyl (C=O) groups is 2. The van der Waals surface area contributed by atoms with E-state index in [0.717, 1.165) is 21.9 Å². The van der Waals surface area contributed by atoms with Gasteiger partial charge >= 0.3 is 0 Å². The highest BCUT2D eigenvalue weighted by Crippen LogP contribution is 2.24. The van der Waals surface area contributed by atoms with Crippen LogP contribution in [0.3, 0.4) is 0 Å². The quantitative estimate of drug-likeness (QED) is 0.530. The van der Waals surface area contributed by atoms with E-state index in [-0.39, 0.29) is 12.3 Å². The standard InChI is InChI=1S/C21H18N4O2S/c22-20(27)19(15-9-5-2-6-10-15)24-18(26)11-16-13-28-21-23-17(12-25(16)21)14-7-3-1-4-8-14/h1-10,12-13,19H,11H2,(H2,22,27)(H,24,26). The second-order valence-electron chi connectivity index (χ2n) is 6.36. The van der Waals surface area contributed by atoms with Crippen LogP contribution in [0.1, 0.15) is 17.3 Å². The molecule has 0 saturated carbocycles. The minimum absolute atomic E-state index is 0.126. The van der Waals surface area contributed by atoms with Crippen molar-refractivity contribution in [3.8, 4) is 11.3 Å². The zero-order valence-corrected chi connectivity index (χ0v) is 15.7. The lowest BCUT2D eigenvalue weighted by Crippen LogP contribution is -2.38. The number of nitrogens with two attached hydrogens (primary N) is 1. The van der Waals surface area contributed by atoms with Gasteiger partial charge in [0.05, 0.1) is 12.1 Å². The molecule has 7 heteroatoms. The third-order valence-corrected chi connectivity index (χ3v) is 5.31. The molecule has 0 radical (unpaired) electrons. The SMILES string of the molecule is NC(=O)C(NC(=O)Cc1csc2nc(-c3ccccc3)cn12)c1ccccc1. The topological polar surface area (TPSA) is 89.5 Å². The van der Waals surface area contributed by atoms with Gasteiger partial charge in [-0.25, -0.2) is 4.98 Å². The Morgan fingerprint density at radius 2 is 1.75 bits per heavy atom. The van der Waals surface area contributed by atoms with Crippen LogP contribution in [-0.4, -0.2) is 21.2 Å². The number of nitrogens with one attached hydrogen (secondary N) is 1. The summed E-state index contributed by atoms with van der Waals surface area (Å²) in [4.78, 5) is 29.8. The molecule has 4 rings (SSSR count). The zero-order valence-electron chi connectivity index (χ0n) is 14.9. The first kappa shape index (κ1) is 17.9. The number of hydrogen-bond acceptors (Lipinski definition) is 4. The number of imidazole rings is 1. The van der Waals surface area contributed by atoms with Gasteiger partial charge in [0, 0.05) is 22.8 Å². The summed E-state index contributed by atoms with van der Waals surface area (Å²) in [5, 5.41) is 4.63. The van der Waals surface area contributed by atoms with Crippen molar-refractivity contribution in [2.45, 2.75) is 12.5 Å². The Hall–Kier alpha value is -3.45. The maximum Gasteiger partial charge on any atom is 0.244 e. The van der Waals surface area contributed by atoms with E-state index in [1.54, 1.807) is 24.3 Å². The second-order valence-corrected chi connectivity index (χ2v) is 7.20. The fourth-order valence-electron chi connectivity index (χ4n) is 3.05. The van der Waals surface area contributed by atoms with E-state index in [2.05, 4.69) is 10.3 Å². The van der Waals surface area contributed by atoms with Crippen LogP contribution in [0.4, 0.5) is 0 Å². The van der Waals surface area contributed by atoms with Crippen LogP contribution >= 0.6 is 11.3 Å². The molecule has 3 N–H and O–H groups in total. The van der Waals surface area contributed by atoms with Crippen LogP contribution in [0.2, 0.25) is 0 Å². The molecule has 4 aromatic rings. The zero-order chi connectivity index (χ0) is 19.5. The predicted octanol–water partition coefficient (Wildman–Crippen LogP) is 2.95. The Bertz CT molecular complexity index is 1120. The molecule has 140 valence electrons. The summed E-state index contributed by atoms with van der Waals surface area (Å²) >= 11 is 1.47. The van der Waals surface area contributed by atoms with E-state index in [1.807, 2.05) is 52.4 Å². The number of amides is 2. The molecule has 0 bridgehead atoms. The van der Waals surface area contributed by atoms with Crippen molar-refractivity contribution in [3.63, 3.8) is 0 Å². The highest BCUT2D eigenvalue weighted by molar-refractivity contribution is 7.15. The number of fused-ring (bicyclic) bond motifs is 1. The maximum atomic E-state index is 12.6. The number of primary amides is 1. The lowest BCUT2D eigenvalue weighted by Gasteiger charge is -2.15. The Labute approximate surface area is 165 Å². The molecule has 0 aliphatic rings. The molecule has 2 aromatic carbocycles. The first-order chi connectivity index (χ1) is 13.6. The Morgan fingerprint density at radius 1 is 1.07 bits per heavy atom. The molecule has 0 aliphatic heterocycles. The number of benzene rings is 2. The van der Waals surface area contributed by atoms with Gasteiger partial charge in [-0.2, -0.15) is 0 Å². The van der Waals surface area contributed by atoms with E-state index in [1.165, 1.54) is 11.3 Å². The summed E-state index contributed by atoms with van der Waals surface area (Å²) in [6.45, 7) is 0. The van der Waals surface area contributed by atoms with Gasteiger partial charge < -0.3 is 11.1 Å². The molecule has 28 heavy (non-hydrogen) atoms. The molecule has 6 nitrogen and oxygen atoms in total. The number of carbonyl (C=O) groups excluding carboxylic acids is 2. The van der Waals surface area contributed by atoms with Crippen molar-refractivity contribution in [1.29, 1.82) is 0 Å². The van der Waals surface area contributed by atoms with Crippen molar-refractivity contribution in [2.75, 3.05) is 0 Å². The first-order valence-corrected chi connectivity index (χ1v) is 9.64. The average Bonchev–Trinajstić information content (AvgIpc) is 3.29. The summed E-state index contributed by atoms with van der Waals surface area (Å²) in [5.41, 5.74) is 8.83. The largest absolute Gasteiger partial charge is 0.368 e. The normalized spacial score (nSPS) is 12.0. The molecule has 0 aliphatic carbocycles. The molecule has 0 saturated heterocycles. The van der Waals surface area contributed by atoms with Gasteiger partial charge in [0.1, 0.15) is 6.04 Å². The number of aromatic nitrogens is 2. The maximum absolute atomic E-state index is 12.6. The van der Waals surface area contributed by atoms with E-state index in [4.69, 9.17) is 5.73 Å². The monoisotopic (exact) mass is 390 g/mol. The first-order valence-electron chi connectivity index (χ1n) is 8.76. The molecular formula is C21H18N4O2S. The molecule has 0 fully saturated rings. The van der Waals surface area contributed by atoms with Crippen molar-refractivity contribution < 1.29 is 9.59 Å². The smallest absolute Gasteiger partial charge is 0.244 e. The van der Waals surface area contributed by atoms with Crippen LogP contribution in [0.15, 0.2) is 72.2 Å². The molecule has 2 heterocycles. The number of nitrogens with zero attached hydrogens (tertiary/aromatic N) is 2. The highest BCUT2D eigenvalue weighted by Gasteiger charge is 2.21. The Morgan fingerprint density at radius 3 is 2.43 bits per heavy atom. The van der Waals surface area contributed by atoms with E-state index < -0.39 is 11.9 Å². The predicted molar refractivity (Wildman–Crippen MR) is 109 cm³/mol. The van der Waals surface area contributed by atoms with Crippen LogP contribution in [-0.2, 0) is 16.0 Å². The molecule has 2 aromatic heterocycles. The second kappa shape index (κ2) is 7.66. The van der Waals surface area contributed by atoms with Gasteiger partial charge in [-0.1, -0.05) is 60.7 Å².